The monoisotopic (exact) mass is 485 g/mol. The lowest BCUT2D eigenvalue weighted by Gasteiger charge is -2.15. The van der Waals surface area contributed by atoms with Gasteiger partial charge in [0.05, 0.1) is 10.9 Å². The number of hydrogen-bond donors (Lipinski definition) is 3. The summed E-state index contributed by atoms with van der Waals surface area (Å²) in [6.07, 6.45) is 0. The van der Waals surface area contributed by atoms with Gasteiger partial charge in [0.2, 0.25) is 21.8 Å². The van der Waals surface area contributed by atoms with Crippen molar-refractivity contribution in [2.75, 3.05) is 5.32 Å². The van der Waals surface area contributed by atoms with Gasteiger partial charge in [-0.1, -0.05) is 12.1 Å². The maximum Gasteiger partial charge on any atom is 0.241 e. The van der Waals surface area contributed by atoms with Gasteiger partial charge in [0, 0.05) is 19.2 Å². The van der Waals surface area contributed by atoms with Crippen molar-refractivity contribution in [3.05, 3.63) is 84.2 Å². The van der Waals surface area contributed by atoms with Crippen molar-refractivity contribution < 1.29 is 27.1 Å². The third-order valence-electron chi connectivity index (χ3n) is 4.65. The Morgan fingerprint density at radius 1 is 0.912 bits per heavy atom. The number of amides is 2. The zero-order valence-electron chi connectivity index (χ0n) is 18.5. The Kier molecular flexibility index (Phi) is 7.98. The summed E-state index contributed by atoms with van der Waals surface area (Å²) in [5, 5.41) is 5.24. The Labute approximate surface area is 197 Å². The Balaban J connectivity index is 1.52. The molecule has 8 nitrogen and oxygen atoms in total. The number of hydrogen-bond acceptors (Lipinski definition) is 5. The minimum Gasteiger partial charge on any atom is -0.457 e. The summed E-state index contributed by atoms with van der Waals surface area (Å²) in [7, 11) is -3.93. The lowest BCUT2D eigenvalue weighted by molar-refractivity contribution is -0.122. The van der Waals surface area contributed by atoms with Crippen molar-refractivity contribution in [1.82, 2.24) is 10.0 Å². The van der Waals surface area contributed by atoms with Crippen LogP contribution in [0.3, 0.4) is 0 Å². The van der Waals surface area contributed by atoms with E-state index in [1.165, 1.54) is 62.4 Å². The summed E-state index contributed by atoms with van der Waals surface area (Å²) in [6, 6.07) is 17.2. The maximum atomic E-state index is 13.0. The van der Waals surface area contributed by atoms with E-state index in [0.29, 0.717) is 17.2 Å². The Morgan fingerprint density at radius 2 is 1.47 bits per heavy atom. The Bertz CT molecular complexity index is 1250. The van der Waals surface area contributed by atoms with Crippen LogP contribution in [0.5, 0.6) is 11.5 Å². The van der Waals surface area contributed by atoms with E-state index in [1.54, 1.807) is 24.3 Å². The first-order valence-electron chi connectivity index (χ1n) is 10.3. The minimum atomic E-state index is -3.93. The van der Waals surface area contributed by atoms with Gasteiger partial charge < -0.3 is 15.4 Å². The minimum absolute atomic E-state index is 0.0296. The van der Waals surface area contributed by atoms with Crippen molar-refractivity contribution in [3.63, 3.8) is 0 Å². The molecule has 0 aromatic heterocycles. The number of carbonyl (C=O) groups is 2. The number of sulfonamides is 1. The van der Waals surface area contributed by atoms with E-state index in [2.05, 4.69) is 15.4 Å². The smallest absolute Gasteiger partial charge is 0.241 e. The normalized spacial score (nSPS) is 12.0. The summed E-state index contributed by atoms with van der Waals surface area (Å²) in [5.74, 6) is -0.0744. The molecular weight excluding hydrogens is 461 g/mol. The lowest BCUT2D eigenvalue weighted by atomic mass is 10.2. The second-order valence-corrected chi connectivity index (χ2v) is 9.18. The molecule has 0 aliphatic carbocycles. The fraction of sp³-hybridized carbons (Fsp3) is 0.167. The quantitative estimate of drug-likeness (QED) is 0.429. The van der Waals surface area contributed by atoms with E-state index in [9.17, 15) is 22.4 Å². The van der Waals surface area contributed by atoms with Crippen LogP contribution in [0.25, 0.3) is 0 Å². The molecule has 0 saturated heterocycles. The van der Waals surface area contributed by atoms with E-state index in [1.807, 2.05) is 0 Å². The molecule has 34 heavy (non-hydrogen) atoms. The number of benzene rings is 3. The summed E-state index contributed by atoms with van der Waals surface area (Å²) < 4.78 is 46.0. The molecule has 3 N–H and O–H groups in total. The predicted molar refractivity (Wildman–Crippen MR) is 125 cm³/mol. The van der Waals surface area contributed by atoms with E-state index in [0.717, 1.165) is 5.56 Å². The van der Waals surface area contributed by atoms with E-state index < -0.39 is 22.0 Å². The molecule has 178 valence electrons. The first kappa shape index (κ1) is 24.9. The SMILES string of the molecule is CC(=O)Nc1ccc(S(=O)(=O)N[C@@H](C)C(=O)NCc2ccc(Oc3ccc(F)cc3)cc2)cc1. The molecule has 3 aromatic rings. The van der Waals surface area contributed by atoms with E-state index >= 15 is 0 Å². The third-order valence-corrected chi connectivity index (χ3v) is 6.21. The van der Waals surface area contributed by atoms with Gasteiger partial charge in [-0.3, -0.25) is 9.59 Å². The highest BCUT2D eigenvalue weighted by molar-refractivity contribution is 7.89. The van der Waals surface area contributed by atoms with Gasteiger partial charge >= 0.3 is 0 Å². The van der Waals surface area contributed by atoms with Crippen LogP contribution in [0.2, 0.25) is 0 Å². The number of rotatable bonds is 9. The average molecular weight is 486 g/mol. The largest absolute Gasteiger partial charge is 0.457 e. The molecule has 3 rings (SSSR count). The molecule has 0 aliphatic heterocycles. The molecule has 0 unspecified atom stereocenters. The van der Waals surface area contributed by atoms with Crippen LogP contribution in [-0.2, 0) is 26.2 Å². The van der Waals surface area contributed by atoms with Crippen molar-refractivity contribution in [3.8, 4) is 11.5 Å². The number of anilines is 1. The second kappa shape index (κ2) is 10.9. The Hall–Kier alpha value is -3.76. The molecule has 0 heterocycles. The zero-order valence-corrected chi connectivity index (χ0v) is 19.4. The van der Waals surface area contributed by atoms with Crippen molar-refractivity contribution in [2.24, 2.45) is 0 Å². The number of ether oxygens (including phenoxy) is 1. The van der Waals surface area contributed by atoms with Crippen LogP contribution < -0.4 is 20.1 Å². The molecule has 0 saturated carbocycles. The van der Waals surface area contributed by atoms with Crippen LogP contribution in [-0.4, -0.2) is 26.3 Å². The van der Waals surface area contributed by atoms with Gasteiger partial charge in [0.25, 0.3) is 0 Å². The molecule has 0 aliphatic rings. The predicted octanol–water partition coefficient (Wildman–Crippen LogP) is 3.56. The van der Waals surface area contributed by atoms with Gasteiger partial charge in [-0.15, -0.1) is 0 Å². The van der Waals surface area contributed by atoms with Crippen molar-refractivity contribution in [2.45, 2.75) is 31.3 Å². The lowest BCUT2D eigenvalue weighted by Crippen LogP contribution is -2.44. The number of nitrogens with one attached hydrogen (secondary N) is 3. The molecule has 0 spiro atoms. The van der Waals surface area contributed by atoms with Gasteiger partial charge in [-0.25, -0.2) is 12.8 Å². The van der Waals surface area contributed by atoms with E-state index in [-0.39, 0.29) is 23.2 Å². The summed E-state index contributed by atoms with van der Waals surface area (Å²) >= 11 is 0. The zero-order chi connectivity index (χ0) is 24.7. The molecule has 0 bridgehead atoms. The Morgan fingerprint density at radius 3 is 2.03 bits per heavy atom. The third kappa shape index (κ3) is 7.12. The molecule has 0 fully saturated rings. The summed E-state index contributed by atoms with van der Waals surface area (Å²) in [5.41, 5.74) is 1.25. The molecular formula is C24H24FN3O5S. The first-order chi connectivity index (χ1) is 16.1. The second-order valence-electron chi connectivity index (χ2n) is 7.47. The highest BCUT2D eigenvalue weighted by atomic mass is 32.2. The number of halogens is 1. The van der Waals surface area contributed by atoms with Crippen LogP contribution in [0.15, 0.2) is 77.7 Å². The van der Waals surface area contributed by atoms with Crippen molar-refractivity contribution >= 4 is 27.5 Å². The first-order valence-corrected chi connectivity index (χ1v) is 11.8. The molecule has 10 heteroatoms. The maximum absolute atomic E-state index is 13.0. The highest BCUT2D eigenvalue weighted by Crippen LogP contribution is 2.22. The van der Waals surface area contributed by atoms with Crippen LogP contribution in [0, 0.1) is 5.82 Å². The van der Waals surface area contributed by atoms with Gasteiger partial charge in [-0.05, 0) is 73.2 Å². The fourth-order valence-electron chi connectivity index (χ4n) is 2.93. The van der Waals surface area contributed by atoms with Gasteiger partial charge in [0.15, 0.2) is 0 Å². The van der Waals surface area contributed by atoms with Gasteiger partial charge in [0.1, 0.15) is 17.3 Å². The standard InChI is InChI=1S/C24H24FN3O5S/c1-16(28-34(31,32)23-13-7-20(8-14-23)27-17(2)29)24(30)26-15-18-3-9-21(10-4-18)33-22-11-5-19(25)6-12-22/h3-14,16,28H,15H2,1-2H3,(H,26,30)(H,27,29)/t16-/m0/s1. The molecule has 2 amide bonds. The van der Waals surface area contributed by atoms with E-state index in [4.69, 9.17) is 4.74 Å². The average Bonchev–Trinajstić information content (AvgIpc) is 2.79. The molecule has 1 atom stereocenters. The van der Waals surface area contributed by atoms with Crippen LogP contribution >= 0.6 is 0 Å². The topological polar surface area (TPSA) is 114 Å². The highest BCUT2D eigenvalue weighted by Gasteiger charge is 2.22. The van der Waals surface area contributed by atoms with Gasteiger partial charge in [-0.2, -0.15) is 4.72 Å². The van der Waals surface area contributed by atoms with Crippen LogP contribution in [0.1, 0.15) is 19.4 Å². The molecule has 3 aromatic carbocycles. The fourth-order valence-corrected chi connectivity index (χ4v) is 4.13. The summed E-state index contributed by atoms with van der Waals surface area (Å²) in [4.78, 5) is 23.4. The summed E-state index contributed by atoms with van der Waals surface area (Å²) in [6.45, 7) is 2.98. The molecule has 0 radical (unpaired) electrons. The van der Waals surface area contributed by atoms with Crippen molar-refractivity contribution in [1.29, 1.82) is 0 Å². The number of carbonyl (C=O) groups excluding carboxylic acids is 2. The van der Waals surface area contributed by atoms with Crippen LogP contribution in [0.4, 0.5) is 10.1 Å².